The van der Waals surface area contributed by atoms with Crippen molar-refractivity contribution in [1.82, 2.24) is 15.2 Å². The highest BCUT2D eigenvalue weighted by molar-refractivity contribution is 6.33. The first-order chi connectivity index (χ1) is 9.11. The number of likely N-dealkylation sites (N-methyl/N-ethyl adjacent to an activating group) is 1. The molecule has 0 saturated heterocycles. The zero-order valence-corrected chi connectivity index (χ0v) is 12.2. The zero-order chi connectivity index (χ0) is 13.8. The van der Waals surface area contributed by atoms with Crippen LogP contribution in [0.3, 0.4) is 0 Å². The number of hydrogen-bond donors (Lipinski definition) is 1. The van der Waals surface area contributed by atoms with Crippen molar-refractivity contribution in [2.45, 2.75) is 32.7 Å². The van der Waals surface area contributed by atoms with Crippen LogP contribution < -0.4 is 5.32 Å². The summed E-state index contributed by atoms with van der Waals surface area (Å²) in [6.07, 6.45) is 4.11. The molecule has 19 heavy (non-hydrogen) atoms. The summed E-state index contributed by atoms with van der Waals surface area (Å²) in [6, 6.07) is 2.44. The Morgan fingerprint density at radius 2 is 2.32 bits per heavy atom. The minimum absolute atomic E-state index is 0.149. The van der Waals surface area contributed by atoms with Crippen molar-refractivity contribution in [1.29, 1.82) is 0 Å². The van der Waals surface area contributed by atoms with E-state index in [1.165, 1.54) is 19.0 Å². The van der Waals surface area contributed by atoms with Crippen molar-refractivity contribution in [2.24, 2.45) is 0 Å². The van der Waals surface area contributed by atoms with Gasteiger partial charge in [0.2, 0.25) is 0 Å². The third-order valence-electron chi connectivity index (χ3n) is 3.39. The van der Waals surface area contributed by atoms with E-state index in [0.717, 1.165) is 24.8 Å². The minimum atomic E-state index is -0.149. The lowest BCUT2D eigenvalue weighted by Crippen LogP contribution is -2.36. The molecule has 0 aromatic carbocycles. The van der Waals surface area contributed by atoms with E-state index in [4.69, 9.17) is 11.6 Å². The predicted octanol–water partition coefficient (Wildman–Crippen LogP) is 2.26. The second-order valence-electron chi connectivity index (χ2n) is 4.92. The molecule has 0 aliphatic heterocycles. The SMILES string of the molecule is CCN(CCNC(=O)c1cnc(C)cc1Cl)C1CC1. The van der Waals surface area contributed by atoms with Crippen LogP contribution in [0.1, 0.15) is 35.8 Å². The lowest BCUT2D eigenvalue weighted by Gasteiger charge is -2.19. The second-order valence-corrected chi connectivity index (χ2v) is 5.33. The molecule has 0 unspecified atom stereocenters. The predicted molar refractivity (Wildman–Crippen MR) is 76.6 cm³/mol. The smallest absolute Gasteiger partial charge is 0.254 e. The van der Waals surface area contributed by atoms with Crippen LogP contribution in [0.5, 0.6) is 0 Å². The van der Waals surface area contributed by atoms with Gasteiger partial charge in [0.25, 0.3) is 5.91 Å². The second kappa shape index (κ2) is 6.35. The highest BCUT2D eigenvalue weighted by atomic mass is 35.5. The van der Waals surface area contributed by atoms with Gasteiger partial charge in [-0.1, -0.05) is 18.5 Å². The average molecular weight is 282 g/mol. The van der Waals surface area contributed by atoms with Gasteiger partial charge in [0, 0.05) is 31.0 Å². The summed E-state index contributed by atoms with van der Waals surface area (Å²) in [5, 5.41) is 3.36. The van der Waals surface area contributed by atoms with E-state index in [1.54, 1.807) is 6.07 Å². The minimum Gasteiger partial charge on any atom is -0.351 e. The first-order valence-electron chi connectivity index (χ1n) is 6.76. The fourth-order valence-electron chi connectivity index (χ4n) is 2.14. The van der Waals surface area contributed by atoms with Crippen molar-refractivity contribution in [3.63, 3.8) is 0 Å². The molecule has 104 valence electrons. The summed E-state index contributed by atoms with van der Waals surface area (Å²) in [7, 11) is 0. The number of amides is 1. The van der Waals surface area contributed by atoms with Gasteiger partial charge >= 0.3 is 0 Å². The molecule has 5 heteroatoms. The number of carbonyl (C=O) groups is 1. The standard InChI is InChI=1S/C14H20ClN3O/c1-3-18(11-4-5-11)7-6-16-14(19)12-9-17-10(2)8-13(12)15/h8-9,11H,3-7H2,1-2H3,(H,16,19). The molecule has 0 atom stereocenters. The maximum Gasteiger partial charge on any atom is 0.254 e. The number of nitrogens with zero attached hydrogens (tertiary/aromatic N) is 2. The lowest BCUT2D eigenvalue weighted by molar-refractivity contribution is 0.0947. The summed E-state index contributed by atoms with van der Waals surface area (Å²) >= 11 is 6.04. The lowest BCUT2D eigenvalue weighted by atomic mass is 10.2. The van der Waals surface area contributed by atoms with Crippen LogP contribution in [-0.2, 0) is 0 Å². The van der Waals surface area contributed by atoms with E-state index in [1.807, 2.05) is 6.92 Å². The molecule has 1 fully saturated rings. The molecule has 1 saturated carbocycles. The molecular weight excluding hydrogens is 262 g/mol. The number of hydrogen-bond acceptors (Lipinski definition) is 3. The molecule has 1 aromatic rings. The summed E-state index contributed by atoms with van der Waals surface area (Å²) in [4.78, 5) is 18.5. The summed E-state index contributed by atoms with van der Waals surface area (Å²) in [5.74, 6) is -0.149. The number of halogens is 1. The van der Waals surface area contributed by atoms with Gasteiger partial charge in [0.1, 0.15) is 0 Å². The first kappa shape index (κ1) is 14.3. The molecule has 1 heterocycles. The monoisotopic (exact) mass is 281 g/mol. The van der Waals surface area contributed by atoms with Crippen LogP contribution in [0.4, 0.5) is 0 Å². The molecule has 0 spiro atoms. The van der Waals surface area contributed by atoms with Crippen molar-refractivity contribution in [3.8, 4) is 0 Å². The summed E-state index contributed by atoms with van der Waals surface area (Å²) < 4.78 is 0. The maximum atomic E-state index is 12.0. The molecule has 1 amide bonds. The Balaban J connectivity index is 1.83. The van der Waals surface area contributed by atoms with Gasteiger partial charge in [-0.25, -0.2) is 0 Å². The Morgan fingerprint density at radius 1 is 1.58 bits per heavy atom. The van der Waals surface area contributed by atoms with Gasteiger partial charge in [-0.2, -0.15) is 0 Å². The third-order valence-corrected chi connectivity index (χ3v) is 3.70. The maximum absolute atomic E-state index is 12.0. The van der Waals surface area contributed by atoms with E-state index in [-0.39, 0.29) is 5.91 Å². The van der Waals surface area contributed by atoms with Crippen molar-refractivity contribution in [3.05, 3.63) is 28.5 Å². The van der Waals surface area contributed by atoms with Gasteiger partial charge in [-0.05, 0) is 32.4 Å². The fraction of sp³-hybridized carbons (Fsp3) is 0.571. The number of carbonyl (C=O) groups excluding carboxylic acids is 1. The van der Waals surface area contributed by atoms with E-state index >= 15 is 0 Å². The molecular formula is C14H20ClN3O. The summed E-state index contributed by atoms with van der Waals surface area (Å²) in [5.41, 5.74) is 1.26. The topological polar surface area (TPSA) is 45.2 Å². The van der Waals surface area contributed by atoms with Gasteiger partial charge in [0.15, 0.2) is 0 Å². The van der Waals surface area contributed by atoms with E-state index < -0.39 is 0 Å². The van der Waals surface area contributed by atoms with Gasteiger partial charge in [0.05, 0.1) is 10.6 Å². The van der Waals surface area contributed by atoms with Crippen LogP contribution in [0.15, 0.2) is 12.3 Å². The van der Waals surface area contributed by atoms with E-state index in [2.05, 4.69) is 22.1 Å². The van der Waals surface area contributed by atoms with E-state index in [0.29, 0.717) is 17.1 Å². The highest BCUT2D eigenvalue weighted by Crippen LogP contribution is 2.25. The molecule has 1 aromatic heterocycles. The normalized spacial score (nSPS) is 14.7. The quantitative estimate of drug-likeness (QED) is 0.870. The van der Waals surface area contributed by atoms with Crippen LogP contribution in [0.25, 0.3) is 0 Å². The van der Waals surface area contributed by atoms with Gasteiger partial charge in [-0.15, -0.1) is 0 Å². The Labute approximate surface area is 119 Å². The first-order valence-corrected chi connectivity index (χ1v) is 7.14. The van der Waals surface area contributed by atoms with Crippen molar-refractivity contribution >= 4 is 17.5 Å². The number of nitrogens with one attached hydrogen (secondary N) is 1. The number of aryl methyl sites for hydroxylation is 1. The van der Waals surface area contributed by atoms with E-state index in [9.17, 15) is 4.79 Å². The Bertz CT molecular complexity index is 460. The summed E-state index contributed by atoms with van der Waals surface area (Å²) in [6.45, 7) is 6.58. The molecule has 1 aliphatic carbocycles. The molecule has 4 nitrogen and oxygen atoms in total. The zero-order valence-electron chi connectivity index (χ0n) is 11.4. The molecule has 1 N–H and O–H groups in total. The number of aromatic nitrogens is 1. The number of rotatable bonds is 6. The molecule has 0 bridgehead atoms. The average Bonchev–Trinajstić information content (AvgIpc) is 3.18. The van der Waals surface area contributed by atoms with Gasteiger partial charge in [-0.3, -0.25) is 14.7 Å². The Hall–Kier alpha value is -1.13. The fourth-order valence-corrected chi connectivity index (χ4v) is 2.43. The Kier molecular flexibility index (Phi) is 4.77. The Morgan fingerprint density at radius 3 is 2.89 bits per heavy atom. The highest BCUT2D eigenvalue weighted by Gasteiger charge is 2.27. The number of pyridine rings is 1. The van der Waals surface area contributed by atoms with Crippen LogP contribution >= 0.6 is 11.6 Å². The van der Waals surface area contributed by atoms with Crippen LogP contribution in [0, 0.1) is 6.92 Å². The van der Waals surface area contributed by atoms with Crippen molar-refractivity contribution in [2.75, 3.05) is 19.6 Å². The molecule has 1 aliphatic rings. The largest absolute Gasteiger partial charge is 0.351 e. The van der Waals surface area contributed by atoms with Crippen LogP contribution in [-0.4, -0.2) is 41.5 Å². The molecule has 0 radical (unpaired) electrons. The van der Waals surface area contributed by atoms with Crippen molar-refractivity contribution < 1.29 is 4.79 Å². The molecule has 2 rings (SSSR count). The van der Waals surface area contributed by atoms with Gasteiger partial charge < -0.3 is 5.32 Å². The third kappa shape index (κ3) is 3.91. The van der Waals surface area contributed by atoms with Crippen LogP contribution in [0.2, 0.25) is 5.02 Å².